The van der Waals surface area contributed by atoms with Crippen molar-refractivity contribution in [1.82, 2.24) is 14.3 Å². The molecule has 2 aromatic heterocycles. The lowest BCUT2D eigenvalue weighted by molar-refractivity contribution is 0.967. The highest BCUT2D eigenvalue weighted by atomic mass is 32.1. The van der Waals surface area contributed by atoms with Crippen molar-refractivity contribution in [3.05, 3.63) is 35.4 Å². The number of hydrogen-bond donors (Lipinski definition) is 1. The molecule has 0 saturated carbocycles. The fourth-order valence-electron chi connectivity index (χ4n) is 1.48. The number of aryl methyl sites for hydroxylation is 2. The van der Waals surface area contributed by atoms with E-state index in [0.29, 0.717) is 6.54 Å². The second kappa shape index (κ2) is 5.03. The van der Waals surface area contributed by atoms with Crippen LogP contribution in [0.3, 0.4) is 0 Å². The van der Waals surface area contributed by atoms with Crippen LogP contribution < -0.4 is 5.32 Å². The van der Waals surface area contributed by atoms with Gasteiger partial charge in [-0.1, -0.05) is 13.0 Å². The first kappa shape index (κ1) is 11.0. The summed E-state index contributed by atoms with van der Waals surface area (Å²) in [6, 6.07) is 4.08. The van der Waals surface area contributed by atoms with Crippen molar-refractivity contribution >= 4 is 16.7 Å². The van der Waals surface area contributed by atoms with E-state index in [1.165, 1.54) is 17.1 Å². The van der Waals surface area contributed by atoms with Crippen molar-refractivity contribution in [2.75, 3.05) is 5.32 Å². The highest BCUT2D eigenvalue weighted by Crippen LogP contribution is 2.13. The van der Waals surface area contributed by atoms with Crippen molar-refractivity contribution in [2.24, 2.45) is 0 Å². The monoisotopic (exact) mass is 234 g/mol. The Kier molecular flexibility index (Phi) is 3.46. The molecule has 0 unspecified atom stereocenters. The molecular formula is C11H14N4S. The predicted octanol–water partition coefficient (Wildman–Crippen LogP) is 2.42. The van der Waals surface area contributed by atoms with Crippen molar-refractivity contribution in [2.45, 2.75) is 26.8 Å². The van der Waals surface area contributed by atoms with E-state index in [-0.39, 0.29) is 0 Å². The van der Waals surface area contributed by atoms with Crippen LogP contribution in [-0.4, -0.2) is 14.3 Å². The van der Waals surface area contributed by atoms with Crippen LogP contribution >= 0.6 is 11.5 Å². The van der Waals surface area contributed by atoms with E-state index in [1.54, 1.807) is 0 Å². The van der Waals surface area contributed by atoms with E-state index >= 15 is 0 Å². The van der Waals surface area contributed by atoms with Gasteiger partial charge in [0.25, 0.3) is 0 Å². The summed E-state index contributed by atoms with van der Waals surface area (Å²) in [5, 5.41) is 4.09. The number of pyridine rings is 1. The van der Waals surface area contributed by atoms with Gasteiger partial charge in [-0.2, -0.15) is 4.37 Å². The van der Waals surface area contributed by atoms with Gasteiger partial charge >= 0.3 is 0 Å². The first-order valence-corrected chi connectivity index (χ1v) is 6.04. The first-order chi connectivity index (χ1) is 7.79. The van der Waals surface area contributed by atoms with Crippen LogP contribution in [0.4, 0.5) is 5.13 Å². The molecule has 0 aliphatic carbocycles. The van der Waals surface area contributed by atoms with Crippen molar-refractivity contribution in [3.8, 4) is 0 Å². The summed E-state index contributed by atoms with van der Waals surface area (Å²) in [5.74, 6) is 0.809. The Bertz CT molecular complexity index is 467. The SMILES string of the molecule is CCc1cccnc1CNc1nc(C)ns1. The molecule has 0 saturated heterocycles. The van der Waals surface area contributed by atoms with Crippen LogP contribution in [0.2, 0.25) is 0 Å². The third-order valence-electron chi connectivity index (χ3n) is 2.30. The summed E-state index contributed by atoms with van der Waals surface area (Å²) in [6.45, 7) is 4.73. The molecule has 2 heterocycles. The molecule has 0 aromatic carbocycles. The summed E-state index contributed by atoms with van der Waals surface area (Å²) in [7, 11) is 0. The predicted molar refractivity (Wildman–Crippen MR) is 65.6 cm³/mol. The Hall–Kier alpha value is -1.49. The summed E-state index contributed by atoms with van der Waals surface area (Å²) in [5.41, 5.74) is 2.36. The molecule has 0 aliphatic rings. The molecule has 2 rings (SSSR count). The van der Waals surface area contributed by atoms with Crippen LogP contribution in [0.15, 0.2) is 18.3 Å². The maximum atomic E-state index is 4.37. The van der Waals surface area contributed by atoms with Gasteiger partial charge in [-0.3, -0.25) is 4.98 Å². The van der Waals surface area contributed by atoms with E-state index in [9.17, 15) is 0 Å². The molecule has 16 heavy (non-hydrogen) atoms. The molecular weight excluding hydrogens is 220 g/mol. The zero-order valence-electron chi connectivity index (χ0n) is 9.40. The lowest BCUT2D eigenvalue weighted by Gasteiger charge is -2.06. The Morgan fingerprint density at radius 2 is 2.31 bits per heavy atom. The number of hydrogen-bond acceptors (Lipinski definition) is 5. The largest absolute Gasteiger partial charge is 0.355 e. The quantitative estimate of drug-likeness (QED) is 0.882. The highest BCUT2D eigenvalue weighted by molar-refractivity contribution is 7.09. The number of nitrogens with one attached hydrogen (secondary N) is 1. The van der Waals surface area contributed by atoms with Crippen molar-refractivity contribution < 1.29 is 0 Å². The van der Waals surface area contributed by atoms with Crippen LogP contribution in [0.5, 0.6) is 0 Å². The number of nitrogens with zero attached hydrogens (tertiary/aromatic N) is 3. The average molecular weight is 234 g/mol. The molecule has 0 aliphatic heterocycles. The summed E-state index contributed by atoms with van der Waals surface area (Å²) in [4.78, 5) is 8.62. The second-order valence-corrected chi connectivity index (χ2v) is 4.21. The van der Waals surface area contributed by atoms with Gasteiger partial charge < -0.3 is 5.32 Å². The fraction of sp³-hybridized carbons (Fsp3) is 0.364. The molecule has 84 valence electrons. The molecule has 1 N–H and O–H groups in total. The van der Waals surface area contributed by atoms with E-state index in [0.717, 1.165) is 23.1 Å². The summed E-state index contributed by atoms with van der Waals surface area (Å²) < 4.78 is 4.12. The van der Waals surface area contributed by atoms with Crippen LogP contribution in [0.1, 0.15) is 24.0 Å². The number of anilines is 1. The summed E-state index contributed by atoms with van der Waals surface area (Å²) in [6.07, 6.45) is 2.82. The molecule has 0 atom stereocenters. The maximum Gasteiger partial charge on any atom is 0.202 e. The van der Waals surface area contributed by atoms with Gasteiger partial charge in [0, 0.05) is 17.7 Å². The smallest absolute Gasteiger partial charge is 0.202 e. The Balaban J connectivity index is 2.04. The topological polar surface area (TPSA) is 50.7 Å². The molecule has 0 bridgehead atoms. The Labute approximate surface area is 98.9 Å². The minimum atomic E-state index is 0.707. The van der Waals surface area contributed by atoms with E-state index in [4.69, 9.17) is 0 Å². The lowest BCUT2D eigenvalue weighted by atomic mass is 10.1. The Morgan fingerprint density at radius 3 is 3.00 bits per heavy atom. The molecule has 5 heteroatoms. The van der Waals surface area contributed by atoms with Gasteiger partial charge in [-0.15, -0.1) is 0 Å². The molecule has 0 fully saturated rings. The first-order valence-electron chi connectivity index (χ1n) is 5.26. The average Bonchev–Trinajstić information content (AvgIpc) is 2.73. The minimum absolute atomic E-state index is 0.707. The third-order valence-corrected chi connectivity index (χ3v) is 3.06. The van der Waals surface area contributed by atoms with Gasteiger partial charge in [-0.05, 0) is 25.0 Å². The number of aromatic nitrogens is 3. The van der Waals surface area contributed by atoms with Crippen LogP contribution in [0, 0.1) is 6.92 Å². The van der Waals surface area contributed by atoms with Gasteiger partial charge in [0.1, 0.15) is 5.82 Å². The lowest BCUT2D eigenvalue weighted by Crippen LogP contribution is -2.04. The normalized spacial score (nSPS) is 10.4. The van der Waals surface area contributed by atoms with Crippen molar-refractivity contribution in [1.29, 1.82) is 0 Å². The minimum Gasteiger partial charge on any atom is -0.355 e. The van der Waals surface area contributed by atoms with Gasteiger partial charge in [-0.25, -0.2) is 4.98 Å². The molecule has 0 amide bonds. The third kappa shape index (κ3) is 2.55. The van der Waals surface area contributed by atoms with E-state index < -0.39 is 0 Å². The van der Waals surface area contributed by atoms with Crippen LogP contribution in [-0.2, 0) is 13.0 Å². The standard InChI is InChI=1S/C11H14N4S/c1-3-9-5-4-6-12-10(9)7-13-11-14-8(2)15-16-11/h4-6H,3,7H2,1-2H3,(H,13,14,15). The molecule has 0 radical (unpaired) electrons. The fourth-order valence-corrected chi connectivity index (χ4v) is 2.05. The van der Waals surface area contributed by atoms with E-state index in [2.05, 4.69) is 32.6 Å². The zero-order valence-corrected chi connectivity index (χ0v) is 10.2. The second-order valence-electron chi connectivity index (χ2n) is 3.46. The van der Waals surface area contributed by atoms with Crippen molar-refractivity contribution in [3.63, 3.8) is 0 Å². The molecule has 4 nitrogen and oxygen atoms in total. The van der Waals surface area contributed by atoms with Gasteiger partial charge in [0.15, 0.2) is 0 Å². The van der Waals surface area contributed by atoms with Gasteiger partial charge in [0.2, 0.25) is 5.13 Å². The summed E-state index contributed by atoms with van der Waals surface area (Å²) >= 11 is 1.38. The molecule has 0 spiro atoms. The maximum absolute atomic E-state index is 4.37. The highest BCUT2D eigenvalue weighted by Gasteiger charge is 2.03. The zero-order chi connectivity index (χ0) is 11.4. The van der Waals surface area contributed by atoms with E-state index in [1.807, 2.05) is 19.2 Å². The molecule has 2 aromatic rings. The van der Waals surface area contributed by atoms with Gasteiger partial charge in [0.05, 0.1) is 12.2 Å². The number of rotatable bonds is 4. The van der Waals surface area contributed by atoms with Crippen LogP contribution in [0.25, 0.3) is 0 Å². The Morgan fingerprint density at radius 1 is 1.44 bits per heavy atom.